The van der Waals surface area contributed by atoms with Gasteiger partial charge in [-0.2, -0.15) is 0 Å². The number of amides is 1. The van der Waals surface area contributed by atoms with Gasteiger partial charge in [0.25, 0.3) is 5.69 Å². The lowest BCUT2D eigenvalue weighted by Crippen LogP contribution is -2.48. The van der Waals surface area contributed by atoms with Crippen molar-refractivity contribution >= 4 is 11.6 Å². The number of methoxy groups -OCH3 is 3. The van der Waals surface area contributed by atoms with E-state index >= 15 is 0 Å². The van der Waals surface area contributed by atoms with Crippen molar-refractivity contribution in [1.82, 2.24) is 9.80 Å². The molecule has 0 aliphatic carbocycles. The van der Waals surface area contributed by atoms with Crippen LogP contribution in [-0.4, -0.2) is 68.1 Å². The Hall–Kier alpha value is -3.33. The van der Waals surface area contributed by atoms with E-state index in [4.69, 9.17) is 14.2 Å². The summed E-state index contributed by atoms with van der Waals surface area (Å²) in [5.41, 5.74) is 1.78. The summed E-state index contributed by atoms with van der Waals surface area (Å²) < 4.78 is 16.1. The topological polar surface area (TPSA) is 94.4 Å². The maximum absolute atomic E-state index is 12.8. The van der Waals surface area contributed by atoms with Gasteiger partial charge in [0.1, 0.15) is 0 Å². The third kappa shape index (κ3) is 5.43. The Morgan fingerprint density at radius 2 is 1.61 bits per heavy atom. The molecule has 0 bridgehead atoms. The van der Waals surface area contributed by atoms with Crippen LogP contribution >= 0.6 is 0 Å². The molecule has 166 valence electrons. The molecular formula is C22H27N3O6. The first-order valence-electron chi connectivity index (χ1n) is 9.97. The van der Waals surface area contributed by atoms with Gasteiger partial charge >= 0.3 is 0 Å². The molecule has 0 radical (unpaired) electrons. The molecule has 1 saturated heterocycles. The molecule has 0 spiro atoms. The van der Waals surface area contributed by atoms with Crippen LogP contribution in [0.25, 0.3) is 0 Å². The van der Waals surface area contributed by atoms with E-state index in [1.807, 2.05) is 11.0 Å². The van der Waals surface area contributed by atoms with Crippen LogP contribution in [0.4, 0.5) is 5.69 Å². The lowest BCUT2D eigenvalue weighted by Gasteiger charge is -2.34. The standard InChI is InChI=1S/C22H27N3O6/c1-29-19-12-17(13-20(30-2)22(19)31-3)14-21(26)24-9-7-23(8-10-24)15-16-5-4-6-18(11-16)25(27)28/h4-6,11-13H,7-10,14-15H2,1-3H3. The lowest BCUT2D eigenvalue weighted by atomic mass is 10.1. The van der Waals surface area contributed by atoms with E-state index in [0.717, 1.165) is 11.1 Å². The molecule has 2 aromatic carbocycles. The molecule has 1 aliphatic heterocycles. The molecular weight excluding hydrogens is 402 g/mol. The van der Waals surface area contributed by atoms with Crippen molar-refractivity contribution in [1.29, 1.82) is 0 Å². The van der Waals surface area contributed by atoms with Gasteiger partial charge in [-0.25, -0.2) is 0 Å². The first-order valence-corrected chi connectivity index (χ1v) is 9.97. The summed E-state index contributed by atoms with van der Waals surface area (Å²) in [6.07, 6.45) is 0.238. The van der Waals surface area contributed by atoms with Gasteiger partial charge < -0.3 is 19.1 Å². The Morgan fingerprint density at radius 3 is 2.16 bits per heavy atom. The number of nitro groups is 1. The molecule has 1 heterocycles. The highest BCUT2D eigenvalue weighted by Crippen LogP contribution is 2.38. The first-order chi connectivity index (χ1) is 14.9. The second-order valence-corrected chi connectivity index (χ2v) is 7.29. The maximum Gasteiger partial charge on any atom is 0.269 e. The van der Waals surface area contributed by atoms with Gasteiger partial charge in [0, 0.05) is 44.9 Å². The second kappa shape index (κ2) is 10.1. The SMILES string of the molecule is COc1cc(CC(=O)N2CCN(Cc3cccc([N+](=O)[O-])c3)CC2)cc(OC)c1OC. The van der Waals surface area contributed by atoms with E-state index < -0.39 is 0 Å². The van der Waals surface area contributed by atoms with Crippen LogP contribution in [0, 0.1) is 10.1 Å². The van der Waals surface area contributed by atoms with Crippen molar-refractivity contribution in [3.05, 3.63) is 57.6 Å². The van der Waals surface area contributed by atoms with Crippen molar-refractivity contribution in [3.8, 4) is 17.2 Å². The largest absolute Gasteiger partial charge is 0.493 e. The zero-order valence-corrected chi connectivity index (χ0v) is 18.0. The quantitative estimate of drug-likeness (QED) is 0.470. The summed E-state index contributed by atoms with van der Waals surface area (Å²) in [7, 11) is 4.63. The highest BCUT2D eigenvalue weighted by atomic mass is 16.6. The van der Waals surface area contributed by atoms with Gasteiger partial charge in [-0.15, -0.1) is 0 Å². The minimum Gasteiger partial charge on any atom is -0.493 e. The molecule has 0 unspecified atom stereocenters. The molecule has 31 heavy (non-hydrogen) atoms. The summed E-state index contributed by atoms with van der Waals surface area (Å²) in [6.45, 7) is 3.26. The number of rotatable bonds is 8. The minimum absolute atomic E-state index is 0.0317. The predicted molar refractivity (Wildman–Crippen MR) is 115 cm³/mol. The minimum atomic E-state index is -0.386. The molecule has 0 atom stereocenters. The van der Waals surface area contributed by atoms with E-state index in [1.165, 1.54) is 6.07 Å². The monoisotopic (exact) mass is 429 g/mol. The van der Waals surface area contributed by atoms with Crippen LogP contribution in [0.15, 0.2) is 36.4 Å². The van der Waals surface area contributed by atoms with Crippen LogP contribution < -0.4 is 14.2 Å². The summed E-state index contributed by atoms with van der Waals surface area (Å²) in [5, 5.41) is 11.0. The number of ether oxygens (including phenoxy) is 3. The molecule has 9 heteroatoms. The van der Waals surface area contributed by atoms with Gasteiger partial charge in [0.15, 0.2) is 11.5 Å². The normalized spacial score (nSPS) is 14.2. The molecule has 1 amide bonds. The van der Waals surface area contributed by atoms with Gasteiger partial charge in [-0.05, 0) is 23.3 Å². The second-order valence-electron chi connectivity index (χ2n) is 7.29. The molecule has 9 nitrogen and oxygen atoms in total. The average Bonchev–Trinajstić information content (AvgIpc) is 2.78. The van der Waals surface area contributed by atoms with E-state index in [1.54, 1.807) is 45.6 Å². The van der Waals surface area contributed by atoms with Crippen molar-refractivity contribution < 1.29 is 23.9 Å². The maximum atomic E-state index is 12.8. The van der Waals surface area contributed by atoms with Crippen molar-refractivity contribution in [2.45, 2.75) is 13.0 Å². The highest BCUT2D eigenvalue weighted by Gasteiger charge is 2.23. The van der Waals surface area contributed by atoms with Gasteiger partial charge in [-0.1, -0.05) is 12.1 Å². The van der Waals surface area contributed by atoms with Gasteiger partial charge in [0.05, 0.1) is 32.7 Å². The number of nitro benzene ring substituents is 1. The zero-order chi connectivity index (χ0) is 22.4. The summed E-state index contributed by atoms with van der Waals surface area (Å²) in [4.78, 5) is 27.4. The van der Waals surface area contributed by atoms with E-state index in [0.29, 0.717) is 50.0 Å². The molecule has 1 fully saturated rings. The number of nitrogens with zero attached hydrogens (tertiary/aromatic N) is 3. The Labute approximate surface area is 181 Å². The molecule has 0 saturated carbocycles. The lowest BCUT2D eigenvalue weighted by molar-refractivity contribution is -0.384. The number of non-ortho nitro benzene ring substituents is 1. The smallest absolute Gasteiger partial charge is 0.269 e. The van der Waals surface area contributed by atoms with Crippen LogP contribution in [0.1, 0.15) is 11.1 Å². The third-order valence-corrected chi connectivity index (χ3v) is 5.33. The van der Waals surface area contributed by atoms with Crippen molar-refractivity contribution in [2.24, 2.45) is 0 Å². The van der Waals surface area contributed by atoms with Crippen molar-refractivity contribution in [2.75, 3.05) is 47.5 Å². The summed E-state index contributed by atoms with van der Waals surface area (Å²) in [6, 6.07) is 10.3. The molecule has 1 aliphatic rings. The van der Waals surface area contributed by atoms with Crippen LogP contribution in [0.5, 0.6) is 17.2 Å². The van der Waals surface area contributed by atoms with Gasteiger partial charge in [-0.3, -0.25) is 19.8 Å². The van der Waals surface area contributed by atoms with Crippen LogP contribution in [-0.2, 0) is 17.8 Å². The van der Waals surface area contributed by atoms with Crippen LogP contribution in [0.2, 0.25) is 0 Å². The van der Waals surface area contributed by atoms with Gasteiger partial charge in [0.2, 0.25) is 11.7 Å². The zero-order valence-electron chi connectivity index (χ0n) is 18.0. The van der Waals surface area contributed by atoms with Crippen LogP contribution in [0.3, 0.4) is 0 Å². The Morgan fingerprint density at radius 1 is 0.968 bits per heavy atom. The van der Waals surface area contributed by atoms with Crippen molar-refractivity contribution in [3.63, 3.8) is 0 Å². The number of hydrogen-bond donors (Lipinski definition) is 0. The summed E-state index contributed by atoms with van der Waals surface area (Å²) >= 11 is 0. The number of hydrogen-bond acceptors (Lipinski definition) is 7. The van der Waals surface area contributed by atoms with E-state index in [9.17, 15) is 14.9 Å². The fraction of sp³-hybridized carbons (Fsp3) is 0.409. The molecule has 0 aromatic heterocycles. The Kier molecular flexibility index (Phi) is 7.30. The first kappa shape index (κ1) is 22.4. The fourth-order valence-corrected chi connectivity index (χ4v) is 3.71. The summed E-state index contributed by atoms with van der Waals surface area (Å²) in [5.74, 6) is 1.57. The Bertz CT molecular complexity index is 916. The third-order valence-electron chi connectivity index (χ3n) is 5.33. The Balaban J connectivity index is 1.58. The molecule has 0 N–H and O–H groups in total. The molecule has 3 rings (SSSR count). The van der Waals surface area contributed by atoms with E-state index in [2.05, 4.69) is 4.90 Å². The predicted octanol–water partition coefficient (Wildman–Crippen LogP) is 2.51. The number of piperazine rings is 1. The highest BCUT2D eigenvalue weighted by molar-refractivity contribution is 5.79. The number of carbonyl (C=O) groups is 1. The van der Waals surface area contributed by atoms with E-state index in [-0.39, 0.29) is 22.9 Å². The number of benzene rings is 2. The molecule has 2 aromatic rings. The fourth-order valence-electron chi connectivity index (χ4n) is 3.71. The number of carbonyl (C=O) groups excluding carboxylic acids is 1. The average molecular weight is 429 g/mol.